The predicted molar refractivity (Wildman–Crippen MR) is 125 cm³/mol. The average Bonchev–Trinajstić information content (AvgIpc) is 3.01. The average molecular weight is 455 g/mol. The number of rotatable bonds is 7. The zero-order chi connectivity index (χ0) is 24.4. The van der Waals surface area contributed by atoms with Gasteiger partial charge >= 0.3 is 0 Å². The summed E-state index contributed by atoms with van der Waals surface area (Å²) in [7, 11) is 6.66. The number of hydrogen-bond donors (Lipinski definition) is 2. The molecule has 0 bridgehead atoms. The highest BCUT2D eigenvalue weighted by Gasteiger charge is 2.46. The number of ether oxygens (including phenoxy) is 2. The molecule has 2 aromatic carbocycles. The topological polar surface area (TPSA) is 99.5 Å². The Balaban J connectivity index is 2.26. The molecule has 2 N–H and O–H groups in total. The van der Waals surface area contributed by atoms with Crippen LogP contribution in [0.2, 0.25) is 0 Å². The first-order valence-corrected chi connectivity index (χ1v) is 10.6. The highest BCUT2D eigenvalue weighted by molar-refractivity contribution is 6.46. The van der Waals surface area contributed by atoms with Gasteiger partial charge in [-0.05, 0) is 62.8 Å². The van der Waals surface area contributed by atoms with Crippen LogP contribution in [0.5, 0.6) is 17.2 Å². The maximum Gasteiger partial charge on any atom is 0.295 e. The van der Waals surface area contributed by atoms with Crippen molar-refractivity contribution in [2.24, 2.45) is 0 Å². The number of phenolic OH excluding ortho intramolecular Hbond substituents is 1. The van der Waals surface area contributed by atoms with Gasteiger partial charge in [0.1, 0.15) is 11.5 Å². The number of ketones is 1. The molecule has 0 saturated carbocycles. The Morgan fingerprint density at radius 1 is 1.09 bits per heavy atom. The van der Waals surface area contributed by atoms with E-state index in [1.807, 2.05) is 38.9 Å². The maximum atomic E-state index is 13.2. The Bertz CT molecular complexity index is 1120. The fraction of sp³-hybridized carbons (Fsp3) is 0.360. The summed E-state index contributed by atoms with van der Waals surface area (Å²) >= 11 is 0. The summed E-state index contributed by atoms with van der Waals surface area (Å²) in [6.45, 7) is 4.49. The summed E-state index contributed by atoms with van der Waals surface area (Å²) in [6, 6.07) is 7.43. The molecule has 1 unspecified atom stereocenters. The highest BCUT2D eigenvalue weighted by Crippen LogP contribution is 2.43. The third-order valence-electron chi connectivity index (χ3n) is 5.72. The van der Waals surface area contributed by atoms with Crippen LogP contribution in [0.25, 0.3) is 5.76 Å². The van der Waals surface area contributed by atoms with Crippen LogP contribution >= 0.6 is 0 Å². The molecule has 1 atom stereocenters. The maximum absolute atomic E-state index is 13.2. The van der Waals surface area contributed by atoms with Gasteiger partial charge in [0.25, 0.3) is 11.7 Å². The zero-order valence-electron chi connectivity index (χ0n) is 19.8. The van der Waals surface area contributed by atoms with Gasteiger partial charge in [0, 0.05) is 13.1 Å². The van der Waals surface area contributed by atoms with Gasteiger partial charge in [-0.15, -0.1) is 0 Å². The summed E-state index contributed by atoms with van der Waals surface area (Å²) in [5.41, 5.74) is 2.43. The van der Waals surface area contributed by atoms with E-state index in [9.17, 15) is 19.8 Å². The van der Waals surface area contributed by atoms with Crippen molar-refractivity contribution in [1.82, 2.24) is 9.80 Å². The fourth-order valence-corrected chi connectivity index (χ4v) is 4.19. The summed E-state index contributed by atoms with van der Waals surface area (Å²) in [4.78, 5) is 29.5. The molecule has 1 fully saturated rings. The van der Waals surface area contributed by atoms with E-state index in [0.29, 0.717) is 23.4 Å². The minimum absolute atomic E-state index is 0.0494. The van der Waals surface area contributed by atoms with Crippen molar-refractivity contribution in [1.29, 1.82) is 0 Å². The Morgan fingerprint density at radius 3 is 2.36 bits per heavy atom. The molecule has 3 rings (SSSR count). The van der Waals surface area contributed by atoms with E-state index in [4.69, 9.17) is 9.47 Å². The second kappa shape index (κ2) is 9.54. The number of carbonyl (C=O) groups is 2. The highest BCUT2D eigenvalue weighted by atomic mass is 16.5. The number of benzene rings is 2. The molecule has 8 nitrogen and oxygen atoms in total. The Labute approximate surface area is 193 Å². The van der Waals surface area contributed by atoms with Crippen molar-refractivity contribution in [2.45, 2.75) is 19.9 Å². The molecular formula is C25H30N2O6. The summed E-state index contributed by atoms with van der Waals surface area (Å²) < 4.78 is 10.6. The monoisotopic (exact) mass is 454 g/mol. The number of hydrogen-bond acceptors (Lipinski definition) is 7. The number of aliphatic hydroxyl groups is 1. The SMILES string of the molecule is COc1ccc(C2/C(=C(\O)c3cc(C)cc(C)c3OC)C(=O)C(=O)N2CCN(C)C)cc1O. The molecule has 33 heavy (non-hydrogen) atoms. The van der Waals surface area contributed by atoms with Crippen LogP contribution in [-0.4, -0.2) is 73.1 Å². The smallest absolute Gasteiger partial charge is 0.295 e. The molecule has 0 radical (unpaired) electrons. The van der Waals surface area contributed by atoms with Gasteiger partial charge < -0.3 is 29.5 Å². The second-order valence-corrected chi connectivity index (χ2v) is 8.39. The first-order valence-electron chi connectivity index (χ1n) is 10.6. The molecule has 0 aromatic heterocycles. The van der Waals surface area contributed by atoms with Gasteiger partial charge in [0.05, 0.1) is 31.4 Å². The number of amides is 1. The Kier molecular flexibility index (Phi) is 6.98. The van der Waals surface area contributed by atoms with Crippen LogP contribution in [0, 0.1) is 13.8 Å². The lowest BCUT2D eigenvalue weighted by atomic mass is 9.93. The molecule has 1 heterocycles. The third-order valence-corrected chi connectivity index (χ3v) is 5.72. The largest absolute Gasteiger partial charge is 0.507 e. The van der Waals surface area contributed by atoms with Crippen LogP contribution in [0.3, 0.4) is 0 Å². The van der Waals surface area contributed by atoms with Crippen molar-refractivity contribution in [3.05, 3.63) is 58.2 Å². The number of likely N-dealkylation sites (N-methyl/N-ethyl adjacent to an activating group) is 1. The minimum atomic E-state index is -0.882. The Morgan fingerprint density at radius 2 is 1.79 bits per heavy atom. The molecule has 1 aliphatic rings. The first-order chi connectivity index (χ1) is 15.6. The summed E-state index contributed by atoms with van der Waals surface area (Å²) in [5.74, 6) is -1.24. The summed E-state index contributed by atoms with van der Waals surface area (Å²) in [5, 5.41) is 21.7. The number of aromatic hydroxyl groups is 1. The van der Waals surface area contributed by atoms with E-state index in [1.54, 1.807) is 18.2 Å². The van der Waals surface area contributed by atoms with E-state index < -0.39 is 17.7 Å². The van der Waals surface area contributed by atoms with Crippen molar-refractivity contribution in [3.63, 3.8) is 0 Å². The molecule has 1 aliphatic heterocycles. The third kappa shape index (κ3) is 4.52. The van der Waals surface area contributed by atoms with Crippen molar-refractivity contribution >= 4 is 17.4 Å². The van der Waals surface area contributed by atoms with E-state index >= 15 is 0 Å². The first kappa shape index (κ1) is 24.1. The lowest BCUT2D eigenvalue weighted by Gasteiger charge is -2.27. The molecule has 1 saturated heterocycles. The van der Waals surface area contributed by atoms with E-state index in [-0.39, 0.29) is 29.4 Å². The standard InChI is InChI=1S/C25H30N2O6/c1-14-11-15(2)24(33-6)17(12-14)22(29)20-21(16-7-8-19(32-5)18(28)13-16)27(10-9-26(3)4)25(31)23(20)30/h7-8,11-13,21,28-29H,9-10H2,1-6H3/b22-20+. The van der Waals surface area contributed by atoms with Crippen molar-refractivity contribution in [3.8, 4) is 17.2 Å². The number of likely N-dealkylation sites (tertiary alicyclic amines) is 1. The minimum Gasteiger partial charge on any atom is -0.507 e. The van der Waals surface area contributed by atoms with Crippen LogP contribution in [0.4, 0.5) is 0 Å². The summed E-state index contributed by atoms with van der Waals surface area (Å²) in [6.07, 6.45) is 0. The number of nitrogens with zero attached hydrogens (tertiary/aromatic N) is 2. The predicted octanol–water partition coefficient (Wildman–Crippen LogP) is 3.01. The van der Waals surface area contributed by atoms with Gasteiger partial charge in [0.15, 0.2) is 11.5 Å². The second-order valence-electron chi connectivity index (χ2n) is 8.39. The number of Topliss-reactive ketones (excluding diaryl/α,β-unsaturated/α-hetero) is 1. The molecule has 8 heteroatoms. The van der Waals surface area contributed by atoms with Gasteiger partial charge in [-0.3, -0.25) is 9.59 Å². The lowest BCUT2D eigenvalue weighted by Crippen LogP contribution is -2.35. The molecule has 1 amide bonds. The van der Waals surface area contributed by atoms with Crippen molar-refractivity contribution < 1.29 is 29.3 Å². The number of phenols is 1. The van der Waals surface area contributed by atoms with Gasteiger partial charge in [-0.25, -0.2) is 0 Å². The van der Waals surface area contributed by atoms with Gasteiger partial charge in [-0.2, -0.15) is 0 Å². The van der Waals surface area contributed by atoms with Crippen LogP contribution < -0.4 is 9.47 Å². The molecule has 176 valence electrons. The zero-order valence-corrected chi connectivity index (χ0v) is 19.8. The van der Waals surface area contributed by atoms with Crippen LogP contribution in [0.15, 0.2) is 35.9 Å². The number of aryl methyl sites for hydroxylation is 2. The number of aliphatic hydroxyl groups excluding tert-OH is 1. The van der Waals surface area contributed by atoms with Gasteiger partial charge in [0.2, 0.25) is 0 Å². The number of carbonyl (C=O) groups excluding carboxylic acids is 2. The van der Waals surface area contributed by atoms with Crippen LogP contribution in [0.1, 0.15) is 28.3 Å². The molecule has 2 aromatic rings. The molecule has 0 aliphatic carbocycles. The fourth-order valence-electron chi connectivity index (χ4n) is 4.19. The number of methoxy groups -OCH3 is 2. The van der Waals surface area contributed by atoms with Crippen LogP contribution in [-0.2, 0) is 9.59 Å². The molecule has 0 spiro atoms. The van der Waals surface area contributed by atoms with Gasteiger partial charge in [-0.1, -0.05) is 12.1 Å². The molecular weight excluding hydrogens is 424 g/mol. The van der Waals surface area contributed by atoms with E-state index in [2.05, 4.69) is 0 Å². The quantitative estimate of drug-likeness (QED) is 0.377. The Hall–Kier alpha value is -3.52. The van der Waals surface area contributed by atoms with E-state index in [1.165, 1.54) is 25.2 Å². The van der Waals surface area contributed by atoms with E-state index in [0.717, 1.165) is 11.1 Å². The van der Waals surface area contributed by atoms with Crippen molar-refractivity contribution in [2.75, 3.05) is 41.4 Å². The lowest BCUT2D eigenvalue weighted by molar-refractivity contribution is -0.140. The normalized spacial score (nSPS) is 17.7.